The molecule has 13 heavy (non-hydrogen) atoms. The first-order valence-corrected chi connectivity index (χ1v) is 4.49. The molecular weight excluding hydrogens is 164 g/mol. The van der Waals surface area contributed by atoms with Gasteiger partial charge in [-0.05, 0) is 39.3 Å². The highest BCUT2D eigenvalue weighted by atomic mass is 16.3. The van der Waals surface area contributed by atoms with Crippen molar-refractivity contribution in [2.45, 2.75) is 38.8 Å². The van der Waals surface area contributed by atoms with Crippen molar-refractivity contribution in [1.82, 2.24) is 0 Å². The molecule has 3 nitrogen and oxygen atoms in total. The Labute approximate surface area is 79.1 Å². The average molecular weight is 182 g/mol. The summed E-state index contributed by atoms with van der Waals surface area (Å²) in [7, 11) is 0. The third-order valence-electron chi connectivity index (χ3n) is 1.87. The Bertz CT molecular complexity index is 273. The van der Waals surface area contributed by atoms with Gasteiger partial charge in [0.1, 0.15) is 11.5 Å². The quantitative estimate of drug-likeness (QED) is 0.748. The van der Waals surface area contributed by atoms with Gasteiger partial charge in [-0.2, -0.15) is 0 Å². The van der Waals surface area contributed by atoms with E-state index >= 15 is 0 Å². The van der Waals surface area contributed by atoms with E-state index in [0.717, 1.165) is 17.9 Å². The van der Waals surface area contributed by atoms with Gasteiger partial charge in [0.25, 0.3) is 0 Å². The van der Waals surface area contributed by atoms with Gasteiger partial charge in [0, 0.05) is 5.54 Å². The van der Waals surface area contributed by atoms with Gasteiger partial charge in [-0.15, -0.1) is 0 Å². The predicted octanol–water partition coefficient (Wildman–Crippen LogP) is 1.72. The van der Waals surface area contributed by atoms with Crippen LogP contribution in [-0.2, 0) is 0 Å². The molecule has 0 aliphatic rings. The van der Waals surface area contributed by atoms with Crippen LogP contribution in [0, 0.1) is 6.92 Å². The summed E-state index contributed by atoms with van der Waals surface area (Å²) < 4.78 is 5.41. The smallest absolute Gasteiger partial charge is 0.120 e. The molecule has 0 aliphatic heterocycles. The molecule has 0 saturated heterocycles. The second kappa shape index (κ2) is 3.52. The van der Waals surface area contributed by atoms with Gasteiger partial charge in [0.05, 0.1) is 6.04 Å². The van der Waals surface area contributed by atoms with Crippen molar-refractivity contribution < 1.29 is 4.42 Å². The number of rotatable bonds is 3. The lowest BCUT2D eigenvalue weighted by molar-refractivity contribution is 0.372. The lowest BCUT2D eigenvalue weighted by Gasteiger charge is -2.21. The van der Waals surface area contributed by atoms with Gasteiger partial charge in [-0.25, -0.2) is 0 Å². The Morgan fingerprint density at radius 2 is 2.08 bits per heavy atom. The largest absolute Gasteiger partial charge is 0.465 e. The summed E-state index contributed by atoms with van der Waals surface area (Å²) in [4.78, 5) is 0. The maximum atomic E-state index is 5.92. The molecule has 3 heteroatoms. The molecule has 1 heterocycles. The molecule has 0 amide bonds. The van der Waals surface area contributed by atoms with Crippen molar-refractivity contribution in [2.24, 2.45) is 11.5 Å². The van der Waals surface area contributed by atoms with Crippen LogP contribution in [0.1, 0.15) is 37.8 Å². The SMILES string of the molecule is Cc1ccc(C(N)CC(C)(C)N)o1. The molecule has 0 fully saturated rings. The van der Waals surface area contributed by atoms with Gasteiger partial charge in [-0.1, -0.05) is 0 Å². The molecular formula is C10H18N2O. The average Bonchev–Trinajstić information content (AvgIpc) is 2.31. The summed E-state index contributed by atoms with van der Waals surface area (Å²) >= 11 is 0. The first kappa shape index (κ1) is 10.3. The molecule has 74 valence electrons. The van der Waals surface area contributed by atoms with Crippen molar-refractivity contribution in [2.75, 3.05) is 0 Å². The lowest BCUT2D eigenvalue weighted by atomic mass is 9.96. The summed E-state index contributed by atoms with van der Waals surface area (Å²) in [5.74, 6) is 1.70. The van der Waals surface area contributed by atoms with Gasteiger partial charge in [0.15, 0.2) is 0 Å². The van der Waals surface area contributed by atoms with Crippen LogP contribution in [0.15, 0.2) is 16.5 Å². The van der Waals surface area contributed by atoms with E-state index in [2.05, 4.69) is 0 Å². The van der Waals surface area contributed by atoms with Crippen molar-refractivity contribution in [1.29, 1.82) is 0 Å². The second-order valence-electron chi connectivity index (χ2n) is 4.25. The number of hydrogen-bond donors (Lipinski definition) is 2. The Morgan fingerprint density at radius 3 is 2.46 bits per heavy atom. The van der Waals surface area contributed by atoms with Gasteiger partial charge in [-0.3, -0.25) is 0 Å². The monoisotopic (exact) mass is 182 g/mol. The van der Waals surface area contributed by atoms with Gasteiger partial charge < -0.3 is 15.9 Å². The van der Waals surface area contributed by atoms with Crippen molar-refractivity contribution in [3.05, 3.63) is 23.7 Å². The second-order valence-corrected chi connectivity index (χ2v) is 4.25. The summed E-state index contributed by atoms with van der Waals surface area (Å²) in [5.41, 5.74) is 11.5. The molecule has 0 radical (unpaired) electrons. The van der Waals surface area contributed by atoms with Crippen LogP contribution in [0.25, 0.3) is 0 Å². The van der Waals surface area contributed by atoms with Crippen LogP contribution < -0.4 is 11.5 Å². The number of aryl methyl sites for hydroxylation is 1. The van der Waals surface area contributed by atoms with Gasteiger partial charge >= 0.3 is 0 Å². The summed E-state index contributed by atoms with van der Waals surface area (Å²) in [6.45, 7) is 5.83. The Morgan fingerprint density at radius 1 is 1.46 bits per heavy atom. The fraction of sp³-hybridized carbons (Fsp3) is 0.600. The minimum Gasteiger partial charge on any atom is -0.465 e. The maximum absolute atomic E-state index is 5.92. The number of hydrogen-bond acceptors (Lipinski definition) is 3. The molecule has 1 aromatic heterocycles. The third kappa shape index (κ3) is 3.20. The Balaban J connectivity index is 2.64. The lowest BCUT2D eigenvalue weighted by Crippen LogP contribution is -2.35. The number of nitrogens with two attached hydrogens (primary N) is 2. The first-order valence-electron chi connectivity index (χ1n) is 4.49. The Hall–Kier alpha value is -0.800. The topological polar surface area (TPSA) is 65.2 Å². The van der Waals surface area contributed by atoms with Crippen molar-refractivity contribution in [3.8, 4) is 0 Å². The van der Waals surface area contributed by atoms with Crippen LogP contribution >= 0.6 is 0 Å². The van der Waals surface area contributed by atoms with E-state index in [0.29, 0.717) is 0 Å². The summed E-state index contributed by atoms with van der Waals surface area (Å²) in [6, 6.07) is 3.72. The van der Waals surface area contributed by atoms with E-state index in [4.69, 9.17) is 15.9 Å². The van der Waals surface area contributed by atoms with Crippen LogP contribution in [-0.4, -0.2) is 5.54 Å². The van der Waals surface area contributed by atoms with Crippen molar-refractivity contribution >= 4 is 0 Å². The van der Waals surface area contributed by atoms with E-state index in [1.54, 1.807) is 0 Å². The van der Waals surface area contributed by atoms with E-state index in [9.17, 15) is 0 Å². The highest BCUT2D eigenvalue weighted by Gasteiger charge is 2.19. The highest BCUT2D eigenvalue weighted by molar-refractivity contribution is 5.09. The molecule has 0 spiro atoms. The standard InChI is InChI=1S/C10H18N2O/c1-7-4-5-9(13-7)8(11)6-10(2,3)12/h4-5,8H,6,11-12H2,1-3H3. The first-order chi connectivity index (χ1) is 5.88. The zero-order valence-corrected chi connectivity index (χ0v) is 8.50. The molecule has 1 atom stereocenters. The van der Waals surface area contributed by atoms with Gasteiger partial charge in [0.2, 0.25) is 0 Å². The molecule has 0 bridgehead atoms. The predicted molar refractivity (Wildman–Crippen MR) is 53.3 cm³/mol. The maximum Gasteiger partial charge on any atom is 0.120 e. The minimum atomic E-state index is -0.250. The molecule has 1 rings (SSSR count). The molecule has 0 saturated carbocycles. The van der Waals surface area contributed by atoms with Crippen molar-refractivity contribution in [3.63, 3.8) is 0 Å². The third-order valence-corrected chi connectivity index (χ3v) is 1.87. The molecule has 0 aromatic carbocycles. The fourth-order valence-corrected chi connectivity index (χ4v) is 1.32. The highest BCUT2D eigenvalue weighted by Crippen LogP contribution is 2.21. The molecule has 1 aromatic rings. The molecule has 1 unspecified atom stereocenters. The fourth-order valence-electron chi connectivity index (χ4n) is 1.32. The van der Waals surface area contributed by atoms with Crippen LogP contribution in [0.4, 0.5) is 0 Å². The Kier molecular flexibility index (Phi) is 2.78. The van der Waals surface area contributed by atoms with E-state index in [-0.39, 0.29) is 11.6 Å². The van der Waals surface area contributed by atoms with E-state index in [1.165, 1.54) is 0 Å². The summed E-state index contributed by atoms with van der Waals surface area (Å²) in [5, 5.41) is 0. The van der Waals surface area contributed by atoms with Crippen LogP contribution in [0.3, 0.4) is 0 Å². The zero-order valence-electron chi connectivity index (χ0n) is 8.50. The minimum absolute atomic E-state index is 0.103. The van der Waals surface area contributed by atoms with E-state index < -0.39 is 0 Å². The normalized spacial score (nSPS) is 14.5. The number of furan rings is 1. The van der Waals surface area contributed by atoms with E-state index in [1.807, 2.05) is 32.9 Å². The summed E-state index contributed by atoms with van der Waals surface area (Å²) in [6.07, 6.45) is 0.722. The molecule has 4 N–H and O–H groups in total. The van der Waals surface area contributed by atoms with Crippen LogP contribution in [0.2, 0.25) is 0 Å². The zero-order chi connectivity index (χ0) is 10.1. The van der Waals surface area contributed by atoms with Crippen LogP contribution in [0.5, 0.6) is 0 Å². The molecule has 0 aliphatic carbocycles.